The summed E-state index contributed by atoms with van der Waals surface area (Å²) >= 11 is 0. The molecule has 0 unspecified atom stereocenters. The minimum absolute atomic E-state index is 0.600. The van der Waals surface area contributed by atoms with Gasteiger partial charge in [0.15, 0.2) is 0 Å². The second-order valence-corrected chi connectivity index (χ2v) is 5.30. The van der Waals surface area contributed by atoms with Gasteiger partial charge in [0, 0.05) is 12.6 Å². The van der Waals surface area contributed by atoms with Crippen LogP contribution in [0, 0.1) is 5.92 Å². The number of rotatable bonds is 4. The predicted molar refractivity (Wildman–Crippen MR) is 68.1 cm³/mol. The Labute approximate surface area is 95.3 Å². The van der Waals surface area contributed by atoms with E-state index in [9.17, 15) is 0 Å². The van der Waals surface area contributed by atoms with Crippen molar-refractivity contribution in [2.75, 3.05) is 6.54 Å². The maximum absolute atomic E-state index is 3.48. The van der Waals surface area contributed by atoms with Crippen LogP contribution < -0.4 is 5.32 Å². The molecule has 15 heavy (non-hydrogen) atoms. The summed E-state index contributed by atoms with van der Waals surface area (Å²) in [6, 6.07) is 0.600. The van der Waals surface area contributed by atoms with Crippen molar-refractivity contribution in [3.8, 4) is 0 Å². The van der Waals surface area contributed by atoms with Crippen LogP contribution in [0.1, 0.15) is 59.3 Å². The number of hydrogen-bond acceptors (Lipinski definition) is 1. The van der Waals surface area contributed by atoms with E-state index in [1.54, 1.807) is 0 Å². The van der Waals surface area contributed by atoms with Crippen molar-refractivity contribution in [1.82, 2.24) is 5.32 Å². The normalized spacial score (nSPS) is 20.7. The van der Waals surface area contributed by atoms with E-state index in [1.165, 1.54) is 44.1 Å². The van der Waals surface area contributed by atoms with Crippen LogP contribution in [0.25, 0.3) is 0 Å². The fourth-order valence-corrected chi connectivity index (χ4v) is 2.30. The van der Waals surface area contributed by atoms with Gasteiger partial charge in [-0.1, -0.05) is 51.2 Å². The lowest BCUT2D eigenvalue weighted by Crippen LogP contribution is -2.24. The summed E-state index contributed by atoms with van der Waals surface area (Å²) in [4.78, 5) is 0. The van der Waals surface area contributed by atoms with Crippen molar-refractivity contribution in [3.63, 3.8) is 0 Å². The highest BCUT2D eigenvalue weighted by molar-refractivity contribution is 5.03. The monoisotopic (exact) mass is 209 g/mol. The Kier molecular flexibility index (Phi) is 6.00. The third-order valence-electron chi connectivity index (χ3n) is 3.21. The Morgan fingerprint density at radius 3 is 2.33 bits per heavy atom. The maximum Gasteiger partial charge on any atom is 0.0164 e. The molecular weight excluding hydrogens is 182 g/mol. The van der Waals surface area contributed by atoms with Crippen molar-refractivity contribution in [1.29, 1.82) is 0 Å². The van der Waals surface area contributed by atoms with Gasteiger partial charge < -0.3 is 5.32 Å². The fourth-order valence-electron chi connectivity index (χ4n) is 2.30. The van der Waals surface area contributed by atoms with Gasteiger partial charge in [-0.3, -0.25) is 0 Å². The van der Waals surface area contributed by atoms with E-state index in [0.717, 1.165) is 12.5 Å². The summed E-state index contributed by atoms with van der Waals surface area (Å²) in [7, 11) is 0. The topological polar surface area (TPSA) is 12.0 Å². The van der Waals surface area contributed by atoms with Crippen LogP contribution in [0.15, 0.2) is 11.6 Å². The van der Waals surface area contributed by atoms with Crippen molar-refractivity contribution >= 4 is 0 Å². The molecule has 0 atom stereocenters. The average Bonchev–Trinajstić information content (AvgIpc) is 2.43. The van der Waals surface area contributed by atoms with E-state index in [4.69, 9.17) is 0 Å². The zero-order chi connectivity index (χ0) is 11.1. The molecule has 0 spiro atoms. The minimum Gasteiger partial charge on any atom is -0.311 e. The van der Waals surface area contributed by atoms with Crippen molar-refractivity contribution in [3.05, 3.63) is 11.6 Å². The van der Waals surface area contributed by atoms with Gasteiger partial charge in [-0.05, 0) is 25.7 Å². The third kappa shape index (κ3) is 5.99. The third-order valence-corrected chi connectivity index (χ3v) is 3.21. The van der Waals surface area contributed by atoms with E-state index >= 15 is 0 Å². The van der Waals surface area contributed by atoms with Crippen LogP contribution in [0.5, 0.6) is 0 Å². The van der Waals surface area contributed by atoms with Crippen molar-refractivity contribution in [2.45, 2.75) is 65.3 Å². The molecule has 1 N–H and O–H groups in total. The predicted octanol–water partition coefficient (Wildman–Crippen LogP) is 3.90. The van der Waals surface area contributed by atoms with Crippen molar-refractivity contribution < 1.29 is 0 Å². The van der Waals surface area contributed by atoms with E-state index < -0.39 is 0 Å². The van der Waals surface area contributed by atoms with Gasteiger partial charge in [-0.2, -0.15) is 0 Å². The standard InChI is InChI=1S/C14H27N/c1-12(2)15-11-13(3)10-14-8-6-4-5-7-9-14/h10,12,14-15H,4-9,11H2,1-3H3. The average molecular weight is 209 g/mol. The van der Waals surface area contributed by atoms with Gasteiger partial charge >= 0.3 is 0 Å². The van der Waals surface area contributed by atoms with Gasteiger partial charge in [0.2, 0.25) is 0 Å². The summed E-state index contributed by atoms with van der Waals surface area (Å²) in [5, 5.41) is 3.48. The Hall–Kier alpha value is -0.300. The van der Waals surface area contributed by atoms with Gasteiger partial charge in [0.25, 0.3) is 0 Å². The zero-order valence-electron chi connectivity index (χ0n) is 10.7. The largest absolute Gasteiger partial charge is 0.311 e. The molecule has 0 saturated heterocycles. The molecule has 0 bridgehead atoms. The molecule has 1 aliphatic carbocycles. The highest BCUT2D eigenvalue weighted by atomic mass is 14.9. The second kappa shape index (κ2) is 7.05. The number of nitrogens with one attached hydrogen (secondary N) is 1. The number of allylic oxidation sites excluding steroid dienone is 1. The molecule has 0 aromatic carbocycles. The van der Waals surface area contributed by atoms with Gasteiger partial charge in [0.05, 0.1) is 0 Å². The van der Waals surface area contributed by atoms with Gasteiger partial charge in [-0.25, -0.2) is 0 Å². The van der Waals surface area contributed by atoms with E-state index in [0.29, 0.717) is 6.04 Å². The van der Waals surface area contributed by atoms with Crippen LogP contribution in [0.3, 0.4) is 0 Å². The Balaban J connectivity index is 2.31. The molecule has 0 aromatic heterocycles. The summed E-state index contributed by atoms with van der Waals surface area (Å²) in [6.45, 7) is 7.74. The first-order valence-electron chi connectivity index (χ1n) is 6.59. The van der Waals surface area contributed by atoms with Crippen LogP contribution in [-0.4, -0.2) is 12.6 Å². The highest BCUT2D eigenvalue weighted by Crippen LogP contribution is 2.24. The molecule has 0 amide bonds. The lowest BCUT2D eigenvalue weighted by Gasteiger charge is -2.12. The Morgan fingerprint density at radius 2 is 1.80 bits per heavy atom. The molecule has 0 radical (unpaired) electrons. The Morgan fingerprint density at radius 1 is 1.20 bits per heavy atom. The molecule has 0 heterocycles. The first kappa shape index (κ1) is 12.8. The molecule has 0 aromatic rings. The maximum atomic E-state index is 3.48. The summed E-state index contributed by atoms with van der Waals surface area (Å²) < 4.78 is 0. The summed E-state index contributed by atoms with van der Waals surface area (Å²) in [5.74, 6) is 0.862. The quantitative estimate of drug-likeness (QED) is 0.547. The second-order valence-electron chi connectivity index (χ2n) is 5.30. The molecule has 1 heteroatoms. The first-order valence-corrected chi connectivity index (χ1v) is 6.59. The molecular formula is C14H27N. The fraction of sp³-hybridized carbons (Fsp3) is 0.857. The molecule has 1 aliphatic rings. The Bertz CT molecular complexity index is 186. The summed E-state index contributed by atoms with van der Waals surface area (Å²) in [6.07, 6.45) is 11.1. The van der Waals surface area contributed by atoms with Gasteiger partial charge in [0.1, 0.15) is 0 Å². The van der Waals surface area contributed by atoms with Crippen molar-refractivity contribution in [2.24, 2.45) is 5.92 Å². The van der Waals surface area contributed by atoms with Gasteiger partial charge in [-0.15, -0.1) is 0 Å². The lowest BCUT2D eigenvalue weighted by molar-refractivity contribution is 0.550. The van der Waals surface area contributed by atoms with Crippen LogP contribution in [-0.2, 0) is 0 Å². The molecule has 88 valence electrons. The smallest absolute Gasteiger partial charge is 0.0164 e. The van der Waals surface area contributed by atoms with E-state index in [1.807, 2.05) is 0 Å². The highest BCUT2D eigenvalue weighted by Gasteiger charge is 2.09. The van der Waals surface area contributed by atoms with Crippen LogP contribution in [0.2, 0.25) is 0 Å². The number of hydrogen-bond donors (Lipinski definition) is 1. The SMILES string of the molecule is CC(=CC1CCCCCC1)CNC(C)C. The molecule has 0 aliphatic heterocycles. The van der Waals surface area contributed by atoms with Crippen LogP contribution in [0.4, 0.5) is 0 Å². The van der Waals surface area contributed by atoms with E-state index in [-0.39, 0.29) is 0 Å². The zero-order valence-corrected chi connectivity index (χ0v) is 10.7. The van der Waals surface area contributed by atoms with Crippen LogP contribution >= 0.6 is 0 Å². The molecule has 1 nitrogen and oxygen atoms in total. The minimum atomic E-state index is 0.600. The van der Waals surface area contributed by atoms with E-state index in [2.05, 4.69) is 32.2 Å². The molecule has 1 rings (SSSR count). The lowest BCUT2D eigenvalue weighted by atomic mass is 9.98. The molecule has 1 saturated carbocycles. The summed E-state index contributed by atoms with van der Waals surface area (Å²) in [5.41, 5.74) is 1.52. The first-order chi connectivity index (χ1) is 7.18. The molecule has 1 fully saturated rings.